The fourth-order valence-corrected chi connectivity index (χ4v) is 3.69. The van der Waals surface area contributed by atoms with Crippen molar-refractivity contribution >= 4 is 11.7 Å². The molecule has 0 unspecified atom stereocenters. The molecule has 7 nitrogen and oxygen atoms in total. The van der Waals surface area contributed by atoms with Gasteiger partial charge in [-0.15, -0.1) is 0 Å². The Morgan fingerprint density at radius 1 is 1.27 bits per heavy atom. The highest BCUT2D eigenvalue weighted by molar-refractivity contribution is 5.91. The molecular formula is C19H24N4O3. The van der Waals surface area contributed by atoms with Crippen LogP contribution >= 0.6 is 0 Å². The first-order valence-electron chi connectivity index (χ1n) is 9.09. The zero-order valence-corrected chi connectivity index (χ0v) is 15.0. The summed E-state index contributed by atoms with van der Waals surface area (Å²) in [4.78, 5) is 14.4. The van der Waals surface area contributed by atoms with E-state index in [9.17, 15) is 4.79 Å². The maximum atomic E-state index is 12.4. The number of carbonyl (C=O) groups excluding carboxylic acids is 1. The largest absolute Gasteiger partial charge is 0.454 e. The van der Waals surface area contributed by atoms with Crippen molar-refractivity contribution in [2.24, 2.45) is 0 Å². The number of aromatic nitrogens is 2. The summed E-state index contributed by atoms with van der Waals surface area (Å²) in [6.07, 6.45) is 6.49. The standard InChI is InChI=1S/C19H24N4O3/c1-22(11-14-6-7-16-17(10-14)26-13-25-16)12-19(24)21-18-8-9-20-23(18)15-4-2-3-5-15/h6-10,15H,2-5,11-13H2,1H3,(H,21,24). The summed E-state index contributed by atoms with van der Waals surface area (Å²) in [5, 5.41) is 7.39. The SMILES string of the molecule is CN(CC(=O)Nc1ccnn1C1CCCC1)Cc1ccc2c(c1)OCO2. The lowest BCUT2D eigenvalue weighted by Gasteiger charge is -2.18. The first-order chi connectivity index (χ1) is 12.7. The number of carbonyl (C=O) groups is 1. The molecular weight excluding hydrogens is 332 g/mol. The number of nitrogens with one attached hydrogen (secondary N) is 1. The summed E-state index contributed by atoms with van der Waals surface area (Å²) in [5.74, 6) is 2.29. The van der Waals surface area contributed by atoms with E-state index in [0.29, 0.717) is 19.1 Å². The van der Waals surface area contributed by atoms with E-state index < -0.39 is 0 Å². The number of benzene rings is 1. The average Bonchev–Trinajstić information content (AvgIpc) is 3.35. The minimum absolute atomic E-state index is 0.0343. The van der Waals surface area contributed by atoms with Crippen molar-refractivity contribution in [3.63, 3.8) is 0 Å². The molecule has 1 aromatic heterocycles. The molecule has 0 atom stereocenters. The highest BCUT2D eigenvalue weighted by atomic mass is 16.7. The third-order valence-electron chi connectivity index (χ3n) is 4.91. The zero-order chi connectivity index (χ0) is 17.9. The Morgan fingerprint density at radius 2 is 2.08 bits per heavy atom. The van der Waals surface area contributed by atoms with Crippen molar-refractivity contribution in [2.75, 3.05) is 25.7 Å². The Hall–Kier alpha value is -2.54. The zero-order valence-electron chi connectivity index (χ0n) is 15.0. The second-order valence-corrected chi connectivity index (χ2v) is 7.01. The summed E-state index contributed by atoms with van der Waals surface area (Å²) in [6.45, 7) is 1.24. The Kier molecular flexibility index (Phi) is 4.79. The third-order valence-corrected chi connectivity index (χ3v) is 4.91. The van der Waals surface area contributed by atoms with Gasteiger partial charge in [0.25, 0.3) is 0 Å². The van der Waals surface area contributed by atoms with Crippen LogP contribution in [0.15, 0.2) is 30.5 Å². The van der Waals surface area contributed by atoms with Gasteiger partial charge in [-0.05, 0) is 37.6 Å². The van der Waals surface area contributed by atoms with Crippen molar-refractivity contribution in [3.05, 3.63) is 36.0 Å². The van der Waals surface area contributed by atoms with Crippen molar-refractivity contribution < 1.29 is 14.3 Å². The van der Waals surface area contributed by atoms with Gasteiger partial charge in [0, 0.05) is 12.6 Å². The fraction of sp³-hybridized carbons (Fsp3) is 0.474. The summed E-state index contributed by atoms with van der Waals surface area (Å²) in [7, 11) is 1.93. The van der Waals surface area contributed by atoms with E-state index in [0.717, 1.165) is 35.7 Å². The van der Waals surface area contributed by atoms with Crippen molar-refractivity contribution in [1.29, 1.82) is 0 Å². The second-order valence-electron chi connectivity index (χ2n) is 7.01. The number of rotatable bonds is 6. The number of anilines is 1. The molecule has 7 heteroatoms. The van der Waals surface area contributed by atoms with Crippen molar-refractivity contribution in [2.45, 2.75) is 38.3 Å². The Labute approximate surface area is 152 Å². The van der Waals surface area contributed by atoms with Gasteiger partial charge >= 0.3 is 0 Å². The molecule has 4 rings (SSSR count). The molecule has 0 radical (unpaired) electrons. The Morgan fingerprint density at radius 3 is 2.92 bits per heavy atom. The third kappa shape index (κ3) is 3.67. The van der Waals surface area contributed by atoms with Crippen LogP contribution < -0.4 is 14.8 Å². The Bertz CT molecular complexity index is 783. The molecule has 0 spiro atoms. The molecule has 0 bridgehead atoms. The van der Waals surface area contributed by atoms with Gasteiger partial charge in [0.15, 0.2) is 11.5 Å². The van der Waals surface area contributed by atoms with E-state index in [1.54, 1.807) is 6.20 Å². The van der Waals surface area contributed by atoms with E-state index in [1.807, 2.05) is 40.9 Å². The van der Waals surface area contributed by atoms with Crippen LogP contribution in [0.5, 0.6) is 11.5 Å². The van der Waals surface area contributed by atoms with Crippen molar-refractivity contribution in [3.8, 4) is 11.5 Å². The predicted octanol–water partition coefficient (Wildman–Crippen LogP) is 2.80. The number of amides is 1. The minimum Gasteiger partial charge on any atom is -0.454 e. The Balaban J connectivity index is 1.32. The number of fused-ring (bicyclic) bond motifs is 1. The molecule has 2 aromatic rings. The molecule has 1 aromatic carbocycles. The lowest BCUT2D eigenvalue weighted by molar-refractivity contribution is -0.117. The number of likely N-dealkylation sites (N-methyl/N-ethyl adjacent to an activating group) is 1. The molecule has 2 aliphatic rings. The molecule has 1 aliphatic carbocycles. The van der Waals surface area contributed by atoms with Gasteiger partial charge in [-0.25, -0.2) is 4.68 Å². The quantitative estimate of drug-likeness (QED) is 0.862. The van der Waals surface area contributed by atoms with Crippen LogP contribution in [0, 0.1) is 0 Å². The smallest absolute Gasteiger partial charge is 0.239 e. The van der Waals surface area contributed by atoms with Crippen LogP contribution in [0.4, 0.5) is 5.82 Å². The van der Waals surface area contributed by atoms with Gasteiger partial charge in [-0.2, -0.15) is 5.10 Å². The first kappa shape index (κ1) is 16.9. The molecule has 1 fully saturated rings. The van der Waals surface area contributed by atoms with E-state index in [-0.39, 0.29) is 12.7 Å². The van der Waals surface area contributed by atoms with E-state index in [2.05, 4.69) is 10.4 Å². The number of ether oxygens (including phenoxy) is 2. The van der Waals surface area contributed by atoms with Crippen LogP contribution in [-0.4, -0.2) is 41.0 Å². The number of hydrogen-bond donors (Lipinski definition) is 1. The highest BCUT2D eigenvalue weighted by Gasteiger charge is 2.21. The molecule has 1 N–H and O–H groups in total. The molecule has 26 heavy (non-hydrogen) atoms. The lowest BCUT2D eigenvalue weighted by Crippen LogP contribution is -2.30. The monoisotopic (exact) mass is 356 g/mol. The molecule has 1 aliphatic heterocycles. The van der Waals surface area contributed by atoms with Gasteiger partial charge in [0.2, 0.25) is 12.7 Å². The molecule has 2 heterocycles. The molecule has 1 saturated carbocycles. The predicted molar refractivity (Wildman–Crippen MR) is 97.3 cm³/mol. The van der Waals surface area contributed by atoms with E-state index in [1.165, 1.54) is 12.8 Å². The van der Waals surface area contributed by atoms with Crippen LogP contribution in [-0.2, 0) is 11.3 Å². The summed E-state index contributed by atoms with van der Waals surface area (Å²) in [6, 6.07) is 8.15. The summed E-state index contributed by atoms with van der Waals surface area (Å²) >= 11 is 0. The highest BCUT2D eigenvalue weighted by Crippen LogP contribution is 2.33. The fourth-order valence-electron chi connectivity index (χ4n) is 3.69. The minimum atomic E-state index is -0.0343. The topological polar surface area (TPSA) is 68.6 Å². The summed E-state index contributed by atoms with van der Waals surface area (Å²) in [5.41, 5.74) is 1.08. The van der Waals surface area contributed by atoms with E-state index in [4.69, 9.17) is 9.47 Å². The number of hydrogen-bond acceptors (Lipinski definition) is 5. The first-order valence-corrected chi connectivity index (χ1v) is 9.09. The molecule has 138 valence electrons. The molecule has 1 amide bonds. The van der Waals surface area contributed by atoms with Gasteiger partial charge in [-0.3, -0.25) is 9.69 Å². The molecule has 0 saturated heterocycles. The maximum Gasteiger partial charge on any atom is 0.239 e. The van der Waals surface area contributed by atoms with Crippen LogP contribution in [0.25, 0.3) is 0 Å². The van der Waals surface area contributed by atoms with Gasteiger partial charge < -0.3 is 14.8 Å². The van der Waals surface area contributed by atoms with Gasteiger partial charge in [0.1, 0.15) is 5.82 Å². The van der Waals surface area contributed by atoms with Crippen LogP contribution in [0.2, 0.25) is 0 Å². The van der Waals surface area contributed by atoms with Crippen molar-refractivity contribution in [1.82, 2.24) is 14.7 Å². The van der Waals surface area contributed by atoms with Gasteiger partial charge in [0.05, 0.1) is 18.8 Å². The van der Waals surface area contributed by atoms with Crippen LogP contribution in [0.1, 0.15) is 37.3 Å². The van der Waals surface area contributed by atoms with Gasteiger partial charge in [-0.1, -0.05) is 18.9 Å². The summed E-state index contributed by atoms with van der Waals surface area (Å²) < 4.78 is 12.7. The van der Waals surface area contributed by atoms with Crippen LogP contribution in [0.3, 0.4) is 0 Å². The lowest BCUT2D eigenvalue weighted by atomic mass is 10.2. The van der Waals surface area contributed by atoms with E-state index >= 15 is 0 Å². The normalized spacial score (nSPS) is 16.4. The second kappa shape index (κ2) is 7.37. The maximum absolute atomic E-state index is 12.4. The number of nitrogens with zero attached hydrogens (tertiary/aromatic N) is 3. The average molecular weight is 356 g/mol.